The number of carbonyl (C=O) groups is 1. The number of hydrogen-bond donors (Lipinski definition) is 2. The van der Waals surface area contributed by atoms with Crippen LogP contribution >= 0.6 is 0 Å². The number of amides is 1. The molecule has 3 rings (SSSR count). The second kappa shape index (κ2) is 10.9. The standard InChI is InChI=1S/C22H34N4O2/c1-2-23-22(24-14-8-16-26-15-7-13-21(26)27)25-17-18-9-3-6-12-20(18)28-19-10-4-5-11-19/h3,6,9,12,19H,2,4-5,7-8,10-11,13-17H2,1H3,(H2,23,24,25). The molecule has 6 nitrogen and oxygen atoms in total. The van der Waals surface area contributed by atoms with Crippen molar-refractivity contribution in [3.05, 3.63) is 29.8 Å². The second-order valence-electron chi connectivity index (χ2n) is 7.59. The minimum Gasteiger partial charge on any atom is -0.490 e. The molecule has 6 heteroatoms. The molecule has 0 aromatic heterocycles. The summed E-state index contributed by atoms with van der Waals surface area (Å²) >= 11 is 0. The molecule has 1 aliphatic carbocycles. The predicted octanol–water partition coefficient (Wildman–Crippen LogP) is 3.08. The van der Waals surface area contributed by atoms with Crippen LogP contribution in [0.15, 0.2) is 29.3 Å². The minimum atomic E-state index is 0.291. The van der Waals surface area contributed by atoms with Gasteiger partial charge in [0.25, 0.3) is 0 Å². The number of hydrogen-bond acceptors (Lipinski definition) is 3. The third-order valence-electron chi connectivity index (χ3n) is 5.39. The highest BCUT2D eigenvalue weighted by molar-refractivity contribution is 5.80. The van der Waals surface area contributed by atoms with Gasteiger partial charge in [-0.15, -0.1) is 0 Å². The molecule has 1 amide bonds. The summed E-state index contributed by atoms with van der Waals surface area (Å²) in [7, 11) is 0. The zero-order chi connectivity index (χ0) is 19.6. The molecule has 2 N–H and O–H groups in total. The Morgan fingerprint density at radius 3 is 2.79 bits per heavy atom. The van der Waals surface area contributed by atoms with Gasteiger partial charge in [-0.2, -0.15) is 0 Å². The molecule has 0 unspecified atom stereocenters. The summed E-state index contributed by atoms with van der Waals surface area (Å²) in [5.74, 6) is 2.06. The molecule has 1 aliphatic heterocycles. The average Bonchev–Trinajstić information content (AvgIpc) is 3.36. The summed E-state index contributed by atoms with van der Waals surface area (Å²) in [6.07, 6.45) is 7.83. The Hall–Kier alpha value is -2.24. The lowest BCUT2D eigenvalue weighted by Gasteiger charge is -2.17. The number of guanidine groups is 1. The molecule has 2 aliphatic rings. The lowest BCUT2D eigenvalue weighted by atomic mass is 10.2. The molecule has 0 spiro atoms. The van der Waals surface area contributed by atoms with E-state index in [2.05, 4.69) is 29.7 Å². The maximum absolute atomic E-state index is 11.7. The van der Waals surface area contributed by atoms with Crippen molar-refractivity contribution in [2.75, 3.05) is 26.2 Å². The van der Waals surface area contributed by atoms with Gasteiger partial charge in [-0.1, -0.05) is 18.2 Å². The van der Waals surface area contributed by atoms with Crippen molar-refractivity contribution in [1.29, 1.82) is 0 Å². The summed E-state index contributed by atoms with van der Waals surface area (Å²) in [6.45, 7) is 6.00. The SMILES string of the molecule is CCNC(=NCc1ccccc1OC1CCCC1)NCCCN1CCCC1=O. The number of para-hydroxylation sites is 1. The maximum Gasteiger partial charge on any atom is 0.222 e. The molecule has 0 bridgehead atoms. The minimum absolute atomic E-state index is 0.291. The first-order chi connectivity index (χ1) is 13.8. The molecule has 0 atom stereocenters. The Balaban J connectivity index is 1.50. The van der Waals surface area contributed by atoms with Crippen molar-refractivity contribution in [3.8, 4) is 5.75 Å². The van der Waals surface area contributed by atoms with Crippen molar-refractivity contribution in [3.63, 3.8) is 0 Å². The highest BCUT2D eigenvalue weighted by atomic mass is 16.5. The fraction of sp³-hybridized carbons (Fsp3) is 0.636. The largest absolute Gasteiger partial charge is 0.490 e. The van der Waals surface area contributed by atoms with E-state index in [1.54, 1.807) is 0 Å². The zero-order valence-corrected chi connectivity index (χ0v) is 17.1. The Morgan fingerprint density at radius 1 is 1.21 bits per heavy atom. The number of rotatable bonds is 9. The van der Waals surface area contributed by atoms with Gasteiger partial charge in [0, 0.05) is 38.2 Å². The van der Waals surface area contributed by atoms with Crippen LogP contribution < -0.4 is 15.4 Å². The molecular formula is C22H34N4O2. The lowest BCUT2D eigenvalue weighted by molar-refractivity contribution is -0.127. The van der Waals surface area contributed by atoms with E-state index in [4.69, 9.17) is 9.73 Å². The fourth-order valence-electron chi connectivity index (χ4n) is 3.86. The van der Waals surface area contributed by atoms with Crippen molar-refractivity contribution in [2.45, 2.75) is 64.5 Å². The molecule has 28 heavy (non-hydrogen) atoms. The maximum atomic E-state index is 11.7. The van der Waals surface area contributed by atoms with Crippen LogP contribution in [0.4, 0.5) is 0 Å². The summed E-state index contributed by atoms with van der Waals surface area (Å²) in [5.41, 5.74) is 1.12. The predicted molar refractivity (Wildman–Crippen MR) is 113 cm³/mol. The van der Waals surface area contributed by atoms with Crippen molar-refractivity contribution >= 4 is 11.9 Å². The number of ether oxygens (including phenoxy) is 1. The van der Waals surface area contributed by atoms with Crippen LogP contribution in [0.25, 0.3) is 0 Å². The highest BCUT2D eigenvalue weighted by Gasteiger charge is 2.19. The van der Waals surface area contributed by atoms with Crippen molar-refractivity contribution < 1.29 is 9.53 Å². The van der Waals surface area contributed by atoms with Crippen LogP contribution in [0.1, 0.15) is 57.4 Å². The second-order valence-corrected chi connectivity index (χ2v) is 7.59. The number of benzene rings is 1. The van der Waals surface area contributed by atoms with Crippen LogP contribution in [0.2, 0.25) is 0 Å². The number of likely N-dealkylation sites (tertiary alicyclic amines) is 1. The molecule has 2 fully saturated rings. The van der Waals surface area contributed by atoms with Gasteiger partial charge in [0.2, 0.25) is 5.91 Å². The van der Waals surface area contributed by atoms with Gasteiger partial charge in [0.1, 0.15) is 5.75 Å². The third kappa shape index (κ3) is 6.14. The molecule has 1 heterocycles. The highest BCUT2D eigenvalue weighted by Crippen LogP contribution is 2.27. The fourth-order valence-corrected chi connectivity index (χ4v) is 3.86. The first-order valence-corrected chi connectivity index (χ1v) is 10.8. The van der Waals surface area contributed by atoms with Gasteiger partial charge in [0.05, 0.1) is 12.6 Å². The van der Waals surface area contributed by atoms with E-state index >= 15 is 0 Å². The quantitative estimate of drug-likeness (QED) is 0.389. The van der Waals surface area contributed by atoms with Gasteiger partial charge in [-0.3, -0.25) is 4.79 Å². The summed E-state index contributed by atoms with van der Waals surface area (Å²) in [4.78, 5) is 18.4. The van der Waals surface area contributed by atoms with E-state index in [-0.39, 0.29) is 0 Å². The van der Waals surface area contributed by atoms with E-state index in [1.807, 2.05) is 17.0 Å². The normalized spacial score (nSPS) is 18.0. The third-order valence-corrected chi connectivity index (χ3v) is 5.39. The van der Waals surface area contributed by atoms with E-state index in [0.717, 1.165) is 69.1 Å². The average molecular weight is 387 g/mol. The molecule has 1 saturated heterocycles. The first kappa shape index (κ1) is 20.5. The van der Waals surface area contributed by atoms with E-state index in [1.165, 1.54) is 12.8 Å². The zero-order valence-electron chi connectivity index (χ0n) is 17.1. The summed E-state index contributed by atoms with van der Waals surface area (Å²) in [6, 6.07) is 8.22. The Bertz CT molecular complexity index is 656. The van der Waals surface area contributed by atoms with Crippen LogP contribution in [-0.2, 0) is 11.3 Å². The Morgan fingerprint density at radius 2 is 2.04 bits per heavy atom. The van der Waals surface area contributed by atoms with Crippen molar-refractivity contribution in [2.24, 2.45) is 4.99 Å². The first-order valence-electron chi connectivity index (χ1n) is 10.8. The summed E-state index contributed by atoms with van der Waals surface area (Å²) in [5, 5.41) is 6.68. The monoisotopic (exact) mass is 386 g/mol. The molecule has 1 saturated carbocycles. The van der Waals surface area contributed by atoms with E-state index < -0.39 is 0 Å². The van der Waals surface area contributed by atoms with E-state index in [9.17, 15) is 4.79 Å². The van der Waals surface area contributed by atoms with Gasteiger partial charge < -0.3 is 20.3 Å². The summed E-state index contributed by atoms with van der Waals surface area (Å²) < 4.78 is 6.22. The van der Waals surface area contributed by atoms with Crippen LogP contribution in [0.5, 0.6) is 5.75 Å². The van der Waals surface area contributed by atoms with E-state index in [0.29, 0.717) is 25.0 Å². The van der Waals surface area contributed by atoms with Crippen molar-refractivity contribution in [1.82, 2.24) is 15.5 Å². The Labute approximate surface area is 168 Å². The number of carbonyl (C=O) groups excluding carboxylic acids is 1. The number of aliphatic imine (C=N–C) groups is 1. The Kier molecular flexibility index (Phi) is 8.00. The van der Waals surface area contributed by atoms with Gasteiger partial charge in [-0.05, 0) is 51.5 Å². The van der Waals surface area contributed by atoms with Gasteiger partial charge in [0.15, 0.2) is 5.96 Å². The molecular weight excluding hydrogens is 352 g/mol. The van der Waals surface area contributed by atoms with Gasteiger partial charge >= 0.3 is 0 Å². The van der Waals surface area contributed by atoms with Gasteiger partial charge in [-0.25, -0.2) is 4.99 Å². The number of nitrogens with one attached hydrogen (secondary N) is 2. The van der Waals surface area contributed by atoms with Crippen LogP contribution in [-0.4, -0.2) is 49.0 Å². The molecule has 1 aromatic carbocycles. The smallest absolute Gasteiger partial charge is 0.222 e. The molecule has 0 radical (unpaired) electrons. The molecule has 1 aromatic rings. The molecule has 154 valence electrons. The van der Waals surface area contributed by atoms with Crippen LogP contribution in [0, 0.1) is 0 Å². The van der Waals surface area contributed by atoms with Crippen LogP contribution in [0.3, 0.4) is 0 Å². The topological polar surface area (TPSA) is 66.0 Å². The lowest BCUT2D eigenvalue weighted by Crippen LogP contribution is -2.39. The number of nitrogens with zero attached hydrogens (tertiary/aromatic N) is 2.